The number of anilines is 1. The summed E-state index contributed by atoms with van der Waals surface area (Å²) in [6.07, 6.45) is 3.80. The molecule has 0 atom stereocenters. The standard InChI is InChI=1S/C29H33N7O6S3/c1-19(2)17-20-9-10-24(44-20)45(38,39)35-26-25(42-22-8-5-4-7-21(22)40-3)29(33-28(32-26)27-30-11-6-12-31-27)43-18-23(37)34-36-13-15-41-16-14-36/h4-12,19H,13-18H2,1-3H3,(H,34,37)(H,32,33,35). The molecule has 16 heteroatoms. The summed E-state index contributed by atoms with van der Waals surface area (Å²) in [5.74, 6) is 0.783. The Balaban J connectivity index is 1.55. The summed E-state index contributed by atoms with van der Waals surface area (Å²) in [4.78, 5) is 31.5. The van der Waals surface area contributed by atoms with E-state index in [-0.39, 0.29) is 44.1 Å². The van der Waals surface area contributed by atoms with Crippen LogP contribution in [0.5, 0.6) is 17.2 Å². The Morgan fingerprint density at radius 3 is 2.49 bits per heavy atom. The second kappa shape index (κ2) is 15.0. The normalized spacial score (nSPS) is 13.9. The molecule has 238 valence electrons. The van der Waals surface area contributed by atoms with E-state index < -0.39 is 10.0 Å². The van der Waals surface area contributed by atoms with E-state index in [9.17, 15) is 13.2 Å². The Labute approximate surface area is 269 Å². The second-order valence-electron chi connectivity index (χ2n) is 10.2. The third kappa shape index (κ3) is 8.67. The molecule has 1 saturated heterocycles. The van der Waals surface area contributed by atoms with E-state index in [4.69, 9.17) is 14.2 Å². The number of hydrazine groups is 1. The summed E-state index contributed by atoms with van der Waals surface area (Å²) in [5.41, 5.74) is 2.87. The molecule has 0 spiro atoms. The lowest BCUT2D eigenvalue weighted by Gasteiger charge is -2.26. The van der Waals surface area contributed by atoms with Crippen LogP contribution in [0.15, 0.2) is 64.1 Å². The first kappa shape index (κ1) is 32.6. The van der Waals surface area contributed by atoms with Crippen molar-refractivity contribution in [3.8, 4) is 28.9 Å². The van der Waals surface area contributed by atoms with Gasteiger partial charge in [0.2, 0.25) is 17.5 Å². The summed E-state index contributed by atoms with van der Waals surface area (Å²) in [7, 11) is -2.61. The molecule has 1 aromatic carbocycles. The number of amides is 1. The molecule has 1 amide bonds. The minimum atomic E-state index is -4.11. The first-order valence-electron chi connectivity index (χ1n) is 14.1. The van der Waals surface area contributed by atoms with Gasteiger partial charge in [0.1, 0.15) is 9.24 Å². The van der Waals surface area contributed by atoms with Gasteiger partial charge in [-0.3, -0.25) is 14.9 Å². The molecular weight excluding hydrogens is 639 g/mol. The van der Waals surface area contributed by atoms with Crippen molar-refractivity contribution >= 4 is 44.8 Å². The van der Waals surface area contributed by atoms with Crippen LogP contribution in [-0.4, -0.2) is 78.4 Å². The molecular formula is C29H33N7O6S3. The van der Waals surface area contributed by atoms with Gasteiger partial charge in [-0.05, 0) is 42.7 Å². The molecule has 1 fully saturated rings. The van der Waals surface area contributed by atoms with Crippen LogP contribution in [0, 0.1) is 5.92 Å². The van der Waals surface area contributed by atoms with Crippen molar-refractivity contribution in [2.75, 3.05) is 43.9 Å². The molecule has 0 radical (unpaired) electrons. The number of morpholine rings is 1. The highest BCUT2D eigenvalue weighted by molar-refractivity contribution is 8.00. The molecule has 5 rings (SSSR count). The van der Waals surface area contributed by atoms with Crippen molar-refractivity contribution in [1.29, 1.82) is 0 Å². The third-order valence-corrected chi connectivity index (χ3v) is 10.2. The van der Waals surface area contributed by atoms with Crippen LogP contribution < -0.4 is 19.6 Å². The fourth-order valence-corrected chi connectivity index (χ4v) is 7.55. The van der Waals surface area contributed by atoms with Crippen molar-refractivity contribution in [1.82, 2.24) is 30.4 Å². The molecule has 2 N–H and O–H groups in total. The minimum Gasteiger partial charge on any atom is -0.493 e. The SMILES string of the molecule is COc1ccccc1Oc1c(NS(=O)(=O)c2ccc(CC(C)C)s2)nc(-c2ncccn2)nc1SCC(=O)NN1CCOCC1. The number of hydrogen-bond acceptors (Lipinski definition) is 13. The number of aromatic nitrogens is 4. The van der Waals surface area contributed by atoms with Crippen molar-refractivity contribution in [2.24, 2.45) is 5.92 Å². The number of carbonyl (C=O) groups excluding carboxylic acids is 1. The zero-order chi connectivity index (χ0) is 31.8. The number of benzene rings is 1. The van der Waals surface area contributed by atoms with Crippen molar-refractivity contribution in [2.45, 2.75) is 29.5 Å². The number of hydrogen-bond donors (Lipinski definition) is 2. The largest absolute Gasteiger partial charge is 0.493 e. The molecule has 0 aliphatic carbocycles. The van der Waals surface area contributed by atoms with Crippen LogP contribution in [-0.2, 0) is 26.0 Å². The highest BCUT2D eigenvalue weighted by Crippen LogP contribution is 2.41. The number of sulfonamides is 1. The van der Waals surface area contributed by atoms with Gasteiger partial charge >= 0.3 is 0 Å². The molecule has 4 aromatic rings. The van der Waals surface area contributed by atoms with Crippen LogP contribution in [0.1, 0.15) is 18.7 Å². The minimum absolute atomic E-state index is 0.00844. The van der Waals surface area contributed by atoms with Crippen LogP contribution in [0.25, 0.3) is 11.6 Å². The Morgan fingerprint density at radius 2 is 1.78 bits per heavy atom. The van der Waals surface area contributed by atoms with Crippen LogP contribution in [0.3, 0.4) is 0 Å². The lowest BCUT2D eigenvalue weighted by atomic mass is 10.1. The topological polar surface area (TPSA) is 158 Å². The zero-order valence-electron chi connectivity index (χ0n) is 24.9. The number of para-hydroxylation sites is 2. The predicted octanol–water partition coefficient (Wildman–Crippen LogP) is 4.25. The molecule has 13 nitrogen and oxygen atoms in total. The number of carbonyl (C=O) groups is 1. The second-order valence-corrected chi connectivity index (χ2v) is 14.2. The third-order valence-electron chi connectivity index (χ3n) is 6.26. The van der Waals surface area contributed by atoms with Gasteiger partial charge in [-0.25, -0.2) is 33.4 Å². The lowest BCUT2D eigenvalue weighted by Crippen LogP contribution is -2.48. The van der Waals surface area contributed by atoms with E-state index in [1.54, 1.807) is 41.4 Å². The fourth-order valence-electron chi connectivity index (χ4n) is 4.23. The molecule has 4 heterocycles. The molecule has 0 unspecified atom stereocenters. The smallest absolute Gasteiger partial charge is 0.272 e. The Hall–Kier alpha value is -3.83. The van der Waals surface area contributed by atoms with Gasteiger partial charge < -0.3 is 14.2 Å². The van der Waals surface area contributed by atoms with Gasteiger partial charge in [-0.2, -0.15) is 0 Å². The Morgan fingerprint density at radius 1 is 1.04 bits per heavy atom. The lowest BCUT2D eigenvalue weighted by molar-refractivity contribution is -0.125. The molecule has 0 saturated carbocycles. The van der Waals surface area contributed by atoms with E-state index in [0.29, 0.717) is 43.7 Å². The van der Waals surface area contributed by atoms with Crippen LogP contribution in [0.4, 0.5) is 5.82 Å². The van der Waals surface area contributed by atoms with Gasteiger partial charge in [0.05, 0.1) is 26.1 Å². The van der Waals surface area contributed by atoms with Gasteiger partial charge in [-0.15, -0.1) is 11.3 Å². The molecule has 1 aliphatic rings. The maximum Gasteiger partial charge on any atom is 0.272 e. The number of nitrogens with one attached hydrogen (secondary N) is 2. The van der Waals surface area contributed by atoms with E-state index in [2.05, 4.69) is 43.9 Å². The van der Waals surface area contributed by atoms with Gasteiger partial charge in [0.15, 0.2) is 23.1 Å². The summed E-state index contributed by atoms with van der Waals surface area (Å²) in [6.45, 7) is 6.31. The van der Waals surface area contributed by atoms with Crippen LogP contribution >= 0.6 is 23.1 Å². The van der Waals surface area contributed by atoms with E-state index in [0.717, 1.165) is 23.1 Å². The highest BCUT2D eigenvalue weighted by Gasteiger charge is 2.27. The van der Waals surface area contributed by atoms with Crippen molar-refractivity contribution in [3.05, 3.63) is 59.7 Å². The average molecular weight is 672 g/mol. The fraction of sp³-hybridized carbons (Fsp3) is 0.345. The number of nitrogens with zero attached hydrogens (tertiary/aromatic N) is 5. The number of rotatable bonds is 13. The molecule has 3 aromatic heterocycles. The zero-order valence-corrected chi connectivity index (χ0v) is 27.4. The summed E-state index contributed by atoms with van der Waals surface area (Å²) < 4.78 is 47.3. The Kier molecular flexibility index (Phi) is 10.8. The van der Waals surface area contributed by atoms with Gasteiger partial charge in [0.25, 0.3) is 10.0 Å². The number of thiophene rings is 1. The van der Waals surface area contributed by atoms with Crippen molar-refractivity contribution < 1.29 is 27.4 Å². The average Bonchev–Trinajstić information content (AvgIpc) is 3.51. The first-order valence-corrected chi connectivity index (χ1v) is 17.4. The maximum absolute atomic E-state index is 13.7. The van der Waals surface area contributed by atoms with E-state index in [1.807, 2.05) is 6.07 Å². The monoisotopic (exact) mass is 671 g/mol. The highest BCUT2D eigenvalue weighted by atomic mass is 32.2. The molecule has 45 heavy (non-hydrogen) atoms. The first-order chi connectivity index (χ1) is 21.7. The van der Waals surface area contributed by atoms with Gasteiger partial charge in [-0.1, -0.05) is 37.7 Å². The number of ether oxygens (including phenoxy) is 3. The van der Waals surface area contributed by atoms with E-state index >= 15 is 0 Å². The maximum atomic E-state index is 13.7. The van der Waals surface area contributed by atoms with E-state index in [1.165, 1.54) is 30.8 Å². The summed E-state index contributed by atoms with van der Waals surface area (Å²) in [6, 6.07) is 11.9. The summed E-state index contributed by atoms with van der Waals surface area (Å²) in [5, 5.41) is 1.98. The van der Waals surface area contributed by atoms with Gasteiger partial charge in [0, 0.05) is 30.4 Å². The molecule has 0 bridgehead atoms. The Bertz CT molecular complexity index is 1710. The number of thioether (sulfide) groups is 1. The van der Waals surface area contributed by atoms with Crippen LogP contribution in [0.2, 0.25) is 0 Å². The quantitative estimate of drug-likeness (QED) is 0.154. The van der Waals surface area contributed by atoms with Crippen molar-refractivity contribution in [3.63, 3.8) is 0 Å². The molecule has 1 aliphatic heterocycles. The predicted molar refractivity (Wildman–Crippen MR) is 171 cm³/mol. The number of methoxy groups -OCH3 is 1. The summed E-state index contributed by atoms with van der Waals surface area (Å²) >= 11 is 2.25.